The van der Waals surface area contributed by atoms with Crippen LogP contribution in [0.3, 0.4) is 0 Å². The molecule has 0 atom stereocenters. The van der Waals surface area contributed by atoms with E-state index in [1.807, 2.05) is 20.8 Å². The first-order chi connectivity index (χ1) is 10.2. The monoisotopic (exact) mass is 304 g/mol. The second-order valence-corrected chi connectivity index (χ2v) is 5.12. The number of hydrogen-bond acceptors (Lipinski definition) is 4. The summed E-state index contributed by atoms with van der Waals surface area (Å²) in [7, 11) is 0. The Hall–Kier alpha value is -0.160. The molecular formula is C17H36O4. The Morgan fingerprint density at radius 2 is 0.952 bits per heavy atom. The van der Waals surface area contributed by atoms with Crippen LogP contribution in [0.4, 0.5) is 0 Å². The van der Waals surface area contributed by atoms with Crippen molar-refractivity contribution in [2.24, 2.45) is 0 Å². The van der Waals surface area contributed by atoms with Crippen molar-refractivity contribution in [1.29, 1.82) is 0 Å². The minimum Gasteiger partial charge on any atom is -0.304 e. The van der Waals surface area contributed by atoms with E-state index in [2.05, 4.69) is 6.92 Å². The summed E-state index contributed by atoms with van der Waals surface area (Å²) in [4.78, 5) is 0. The maximum absolute atomic E-state index is 5.73. The van der Waals surface area contributed by atoms with E-state index in [1.165, 1.54) is 44.9 Å². The predicted molar refractivity (Wildman–Crippen MR) is 86.2 cm³/mol. The molecule has 0 aliphatic rings. The maximum Gasteiger partial charge on any atom is 0.412 e. The Morgan fingerprint density at radius 1 is 0.524 bits per heavy atom. The molecule has 0 aromatic rings. The van der Waals surface area contributed by atoms with Gasteiger partial charge in [0.15, 0.2) is 0 Å². The van der Waals surface area contributed by atoms with Crippen molar-refractivity contribution < 1.29 is 18.9 Å². The highest BCUT2D eigenvalue weighted by Crippen LogP contribution is 2.18. The van der Waals surface area contributed by atoms with Crippen molar-refractivity contribution >= 4 is 0 Å². The number of rotatable bonds is 16. The van der Waals surface area contributed by atoms with E-state index in [9.17, 15) is 0 Å². The summed E-state index contributed by atoms with van der Waals surface area (Å²) in [6.45, 7) is 10.1. The van der Waals surface area contributed by atoms with Crippen molar-refractivity contribution in [1.82, 2.24) is 0 Å². The maximum atomic E-state index is 5.73. The van der Waals surface area contributed by atoms with Gasteiger partial charge >= 0.3 is 6.16 Å². The van der Waals surface area contributed by atoms with Gasteiger partial charge in [-0.3, -0.25) is 0 Å². The molecule has 128 valence electrons. The van der Waals surface area contributed by atoms with Gasteiger partial charge < -0.3 is 18.9 Å². The lowest BCUT2D eigenvalue weighted by Crippen LogP contribution is -2.42. The Balaban J connectivity index is 3.76. The third kappa shape index (κ3) is 11.1. The lowest BCUT2D eigenvalue weighted by atomic mass is 10.1. The number of hydrogen-bond donors (Lipinski definition) is 0. The lowest BCUT2D eigenvalue weighted by molar-refractivity contribution is -0.496. The van der Waals surface area contributed by atoms with Gasteiger partial charge in [0.2, 0.25) is 0 Å². The zero-order valence-corrected chi connectivity index (χ0v) is 14.6. The zero-order chi connectivity index (χ0) is 15.8. The van der Waals surface area contributed by atoms with Crippen LogP contribution in [0.2, 0.25) is 0 Å². The average Bonchev–Trinajstić information content (AvgIpc) is 2.46. The van der Waals surface area contributed by atoms with Gasteiger partial charge in [0.1, 0.15) is 0 Å². The molecule has 0 radical (unpaired) electrons. The quantitative estimate of drug-likeness (QED) is 0.301. The number of ether oxygens (including phenoxy) is 4. The predicted octanol–water partition coefficient (Wildman–Crippen LogP) is 4.86. The smallest absolute Gasteiger partial charge is 0.304 e. The second-order valence-electron chi connectivity index (χ2n) is 5.12. The lowest BCUT2D eigenvalue weighted by Gasteiger charge is -2.31. The molecule has 0 N–H and O–H groups in total. The topological polar surface area (TPSA) is 36.9 Å². The van der Waals surface area contributed by atoms with Gasteiger partial charge in [0, 0.05) is 0 Å². The first-order valence-corrected chi connectivity index (χ1v) is 8.80. The fourth-order valence-electron chi connectivity index (χ4n) is 2.21. The highest BCUT2D eigenvalue weighted by Gasteiger charge is 2.34. The van der Waals surface area contributed by atoms with Gasteiger partial charge in [0.05, 0.1) is 26.4 Å². The molecule has 4 nitrogen and oxygen atoms in total. The fraction of sp³-hybridized carbons (Fsp3) is 1.00. The van der Waals surface area contributed by atoms with E-state index in [4.69, 9.17) is 18.9 Å². The van der Waals surface area contributed by atoms with Crippen LogP contribution < -0.4 is 0 Å². The first-order valence-electron chi connectivity index (χ1n) is 8.80. The molecular weight excluding hydrogens is 268 g/mol. The van der Waals surface area contributed by atoms with Crippen molar-refractivity contribution in [3.05, 3.63) is 0 Å². The SMILES string of the molecule is CCCCCCCCCCOC(OCC)(OCC)OCC. The molecule has 0 bridgehead atoms. The molecule has 4 heteroatoms. The van der Waals surface area contributed by atoms with Gasteiger partial charge in [-0.1, -0.05) is 51.9 Å². The number of unbranched alkanes of at least 4 members (excludes halogenated alkanes) is 7. The summed E-state index contributed by atoms with van der Waals surface area (Å²) in [6, 6.07) is 0. The summed E-state index contributed by atoms with van der Waals surface area (Å²) in [5.74, 6) is 0. The van der Waals surface area contributed by atoms with Crippen LogP contribution in [0.25, 0.3) is 0 Å². The van der Waals surface area contributed by atoms with Gasteiger partial charge in [0.25, 0.3) is 0 Å². The van der Waals surface area contributed by atoms with Crippen molar-refractivity contribution in [2.75, 3.05) is 26.4 Å². The molecule has 0 spiro atoms. The van der Waals surface area contributed by atoms with Gasteiger partial charge in [-0.15, -0.1) is 0 Å². The van der Waals surface area contributed by atoms with Gasteiger partial charge in [-0.05, 0) is 27.2 Å². The van der Waals surface area contributed by atoms with E-state index in [0.29, 0.717) is 26.4 Å². The van der Waals surface area contributed by atoms with Crippen LogP contribution in [0, 0.1) is 0 Å². The second kappa shape index (κ2) is 14.8. The normalized spacial score (nSPS) is 12.0. The van der Waals surface area contributed by atoms with Gasteiger partial charge in [-0.25, -0.2) is 0 Å². The average molecular weight is 304 g/mol. The highest BCUT2D eigenvalue weighted by molar-refractivity contribution is 4.48. The van der Waals surface area contributed by atoms with E-state index >= 15 is 0 Å². The summed E-state index contributed by atoms with van der Waals surface area (Å²) in [5.41, 5.74) is 0. The third-order valence-corrected chi connectivity index (χ3v) is 3.24. The molecule has 0 unspecified atom stereocenters. The van der Waals surface area contributed by atoms with E-state index in [1.54, 1.807) is 0 Å². The molecule has 0 heterocycles. The molecule has 0 amide bonds. The Labute approximate surface area is 131 Å². The molecule has 0 saturated carbocycles. The molecule has 0 fully saturated rings. The first kappa shape index (κ1) is 20.8. The Kier molecular flexibility index (Phi) is 14.7. The minimum absolute atomic E-state index is 0.497. The van der Waals surface area contributed by atoms with Crippen LogP contribution in [0.1, 0.15) is 79.1 Å². The van der Waals surface area contributed by atoms with Crippen molar-refractivity contribution in [3.63, 3.8) is 0 Å². The van der Waals surface area contributed by atoms with Crippen LogP contribution in [0.5, 0.6) is 0 Å². The Bertz CT molecular complexity index is 192. The largest absolute Gasteiger partial charge is 0.412 e. The molecule has 0 rings (SSSR count). The van der Waals surface area contributed by atoms with E-state index < -0.39 is 6.16 Å². The van der Waals surface area contributed by atoms with E-state index in [0.717, 1.165) is 6.42 Å². The summed E-state index contributed by atoms with van der Waals surface area (Å²) in [6.07, 6.45) is 8.90. The van der Waals surface area contributed by atoms with Crippen molar-refractivity contribution in [2.45, 2.75) is 85.2 Å². The minimum atomic E-state index is -1.31. The molecule has 0 aliphatic carbocycles. The zero-order valence-electron chi connectivity index (χ0n) is 14.6. The third-order valence-electron chi connectivity index (χ3n) is 3.24. The fourth-order valence-corrected chi connectivity index (χ4v) is 2.21. The summed E-state index contributed by atoms with van der Waals surface area (Å²) >= 11 is 0. The summed E-state index contributed by atoms with van der Waals surface area (Å²) in [5, 5.41) is 0. The summed E-state index contributed by atoms with van der Waals surface area (Å²) < 4.78 is 22.3. The van der Waals surface area contributed by atoms with E-state index in [-0.39, 0.29) is 0 Å². The highest BCUT2D eigenvalue weighted by atomic mass is 17.0. The Morgan fingerprint density at radius 3 is 1.38 bits per heavy atom. The molecule has 0 saturated heterocycles. The van der Waals surface area contributed by atoms with Crippen LogP contribution in [-0.2, 0) is 18.9 Å². The van der Waals surface area contributed by atoms with Crippen LogP contribution in [-0.4, -0.2) is 32.6 Å². The van der Waals surface area contributed by atoms with Crippen LogP contribution >= 0.6 is 0 Å². The molecule has 0 aromatic carbocycles. The van der Waals surface area contributed by atoms with Crippen molar-refractivity contribution in [3.8, 4) is 0 Å². The standard InChI is InChI=1S/C17H36O4/c1-5-9-10-11-12-13-14-15-16-21-17(18-6-2,19-7-3)20-8-4/h5-16H2,1-4H3. The van der Waals surface area contributed by atoms with Crippen LogP contribution in [0.15, 0.2) is 0 Å². The molecule has 0 aromatic heterocycles. The van der Waals surface area contributed by atoms with Gasteiger partial charge in [-0.2, -0.15) is 0 Å². The molecule has 21 heavy (non-hydrogen) atoms. The molecule has 0 aliphatic heterocycles.